The molecule has 0 saturated heterocycles. The lowest BCUT2D eigenvalue weighted by Crippen LogP contribution is -2.09. The normalized spacial score (nSPS) is 28.5. The molecule has 1 heterocycles. The molecule has 1 aromatic rings. The first-order valence-electron chi connectivity index (χ1n) is 3.61. The summed E-state index contributed by atoms with van der Waals surface area (Å²) < 4.78 is 5.49. The number of alkyl halides is 1. The summed E-state index contributed by atoms with van der Waals surface area (Å²) in [4.78, 5) is 0. The summed E-state index contributed by atoms with van der Waals surface area (Å²) in [6.45, 7) is 2.86. The van der Waals surface area contributed by atoms with Crippen molar-refractivity contribution in [3.8, 4) is 0 Å². The number of halogens is 1. The van der Waals surface area contributed by atoms with Crippen LogP contribution >= 0.6 is 22.6 Å². The third-order valence-corrected chi connectivity index (χ3v) is 2.89. The standard InChI is InChI=1S/C9H9IO/c1-9(10)8-5-3-2-4-7(8)6-11-9/h2-5H,6H2,1H3. The van der Waals surface area contributed by atoms with Crippen molar-refractivity contribution < 1.29 is 4.74 Å². The molecule has 0 radical (unpaired) electrons. The van der Waals surface area contributed by atoms with E-state index in [1.165, 1.54) is 11.1 Å². The van der Waals surface area contributed by atoms with Gasteiger partial charge in [0.1, 0.15) is 3.61 Å². The molecule has 1 aliphatic rings. The van der Waals surface area contributed by atoms with Gasteiger partial charge in [0, 0.05) is 0 Å². The van der Waals surface area contributed by atoms with Crippen LogP contribution in [-0.2, 0) is 15.0 Å². The zero-order valence-electron chi connectivity index (χ0n) is 6.30. The first-order chi connectivity index (χ1) is 5.20. The first-order valence-corrected chi connectivity index (χ1v) is 4.69. The minimum atomic E-state index is -0.103. The van der Waals surface area contributed by atoms with E-state index in [0.717, 1.165) is 6.61 Å². The lowest BCUT2D eigenvalue weighted by molar-refractivity contribution is 0.0647. The number of hydrogen-bond acceptors (Lipinski definition) is 1. The summed E-state index contributed by atoms with van der Waals surface area (Å²) in [5, 5.41) is 0. The summed E-state index contributed by atoms with van der Waals surface area (Å²) >= 11 is 2.34. The van der Waals surface area contributed by atoms with E-state index in [4.69, 9.17) is 4.74 Å². The highest BCUT2D eigenvalue weighted by atomic mass is 127. The maximum absolute atomic E-state index is 5.60. The van der Waals surface area contributed by atoms with Crippen molar-refractivity contribution >= 4 is 22.6 Å². The highest BCUT2D eigenvalue weighted by molar-refractivity contribution is 14.1. The van der Waals surface area contributed by atoms with Crippen LogP contribution in [0.4, 0.5) is 0 Å². The van der Waals surface area contributed by atoms with Crippen molar-refractivity contribution in [1.29, 1.82) is 0 Å². The Bertz CT molecular complexity index is 281. The van der Waals surface area contributed by atoms with Gasteiger partial charge in [-0.25, -0.2) is 0 Å². The number of rotatable bonds is 0. The molecular weight excluding hydrogens is 251 g/mol. The molecule has 0 aromatic heterocycles. The highest BCUT2D eigenvalue weighted by Crippen LogP contribution is 2.41. The van der Waals surface area contributed by atoms with Crippen LogP contribution in [0.1, 0.15) is 18.1 Å². The molecular formula is C9H9IO. The molecule has 1 aliphatic heterocycles. The summed E-state index contributed by atoms with van der Waals surface area (Å²) in [7, 11) is 0. The Morgan fingerprint density at radius 1 is 1.45 bits per heavy atom. The zero-order chi connectivity index (χ0) is 7.90. The van der Waals surface area contributed by atoms with Gasteiger partial charge in [-0.15, -0.1) is 0 Å². The van der Waals surface area contributed by atoms with Crippen LogP contribution in [-0.4, -0.2) is 0 Å². The summed E-state index contributed by atoms with van der Waals surface area (Å²) in [6.07, 6.45) is 0. The largest absolute Gasteiger partial charge is 0.356 e. The average Bonchev–Trinajstić information content (AvgIpc) is 2.29. The maximum atomic E-state index is 5.60. The Morgan fingerprint density at radius 2 is 2.18 bits per heavy atom. The Balaban J connectivity index is 2.56. The van der Waals surface area contributed by atoms with Crippen LogP contribution in [0, 0.1) is 0 Å². The van der Waals surface area contributed by atoms with Crippen molar-refractivity contribution in [3.05, 3.63) is 35.4 Å². The Morgan fingerprint density at radius 3 is 2.91 bits per heavy atom. The minimum Gasteiger partial charge on any atom is -0.356 e. The van der Waals surface area contributed by atoms with E-state index in [1.54, 1.807) is 0 Å². The fourth-order valence-electron chi connectivity index (χ4n) is 1.37. The van der Waals surface area contributed by atoms with Gasteiger partial charge in [0.15, 0.2) is 0 Å². The molecule has 0 bridgehead atoms. The van der Waals surface area contributed by atoms with Crippen LogP contribution in [0.3, 0.4) is 0 Å². The van der Waals surface area contributed by atoms with Gasteiger partial charge in [0.25, 0.3) is 0 Å². The second kappa shape index (κ2) is 2.45. The molecule has 1 nitrogen and oxygen atoms in total. The van der Waals surface area contributed by atoms with Crippen molar-refractivity contribution in [3.63, 3.8) is 0 Å². The number of fused-ring (bicyclic) bond motifs is 1. The van der Waals surface area contributed by atoms with Crippen molar-refractivity contribution in [2.75, 3.05) is 0 Å². The van der Waals surface area contributed by atoms with E-state index in [-0.39, 0.29) is 3.61 Å². The monoisotopic (exact) mass is 260 g/mol. The van der Waals surface area contributed by atoms with Crippen LogP contribution in [0.15, 0.2) is 24.3 Å². The molecule has 0 amide bonds. The van der Waals surface area contributed by atoms with E-state index in [9.17, 15) is 0 Å². The molecule has 0 fully saturated rings. The molecule has 0 spiro atoms. The number of ether oxygens (including phenoxy) is 1. The second-order valence-corrected chi connectivity index (χ2v) is 4.92. The molecule has 2 rings (SSSR count). The smallest absolute Gasteiger partial charge is 0.142 e. The summed E-state index contributed by atoms with van der Waals surface area (Å²) in [5.74, 6) is 0. The predicted octanol–water partition coefficient (Wildman–Crippen LogP) is 2.82. The number of benzene rings is 1. The van der Waals surface area contributed by atoms with Gasteiger partial charge in [-0.1, -0.05) is 24.3 Å². The summed E-state index contributed by atoms with van der Waals surface area (Å²) in [5.41, 5.74) is 2.64. The molecule has 1 atom stereocenters. The molecule has 1 unspecified atom stereocenters. The molecule has 0 saturated carbocycles. The van der Waals surface area contributed by atoms with Gasteiger partial charge in [0.2, 0.25) is 0 Å². The SMILES string of the molecule is CC1(I)OCc2ccccc21. The van der Waals surface area contributed by atoms with Gasteiger partial charge in [-0.2, -0.15) is 0 Å². The quantitative estimate of drug-likeness (QED) is 0.515. The van der Waals surface area contributed by atoms with Crippen molar-refractivity contribution in [2.45, 2.75) is 17.1 Å². The molecule has 2 heteroatoms. The molecule has 1 aromatic carbocycles. The Hall–Kier alpha value is -0.0900. The van der Waals surface area contributed by atoms with Crippen LogP contribution in [0.2, 0.25) is 0 Å². The lowest BCUT2D eigenvalue weighted by atomic mass is 10.1. The fourth-order valence-corrected chi connectivity index (χ4v) is 2.05. The third kappa shape index (κ3) is 1.18. The molecule has 58 valence electrons. The van der Waals surface area contributed by atoms with Gasteiger partial charge in [-0.05, 0) is 40.6 Å². The van der Waals surface area contributed by atoms with E-state index in [1.807, 2.05) is 0 Å². The van der Waals surface area contributed by atoms with E-state index in [0.29, 0.717) is 0 Å². The highest BCUT2D eigenvalue weighted by Gasteiger charge is 2.31. The molecule has 11 heavy (non-hydrogen) atoms. The van der Waals surface area contributed by atoms with E-state index >= 15 is 0 Å². The maximum Gasteiger partial charge on any atom is 0.142 e. The molecule has 0 N–H and O–H groups in total. The van der Waals surface area contributed by atoms with Crippen molar-refractivity contribution in [1.82, 2.24) is 0 Å². The predicted molar refractivity (Wildman–Crippen MR) is 52.6 cm³/mol. The van der Waals surface area contributed by atoms with Crippen LogP contribution in [0.25, 0.3) is 0 Å². The lowest BCUT2D eigenvalue weighted by Gasteiger charge is -2.15. The van der Waals surface area contributed by atoms with Crippen molar-refractivity contribution in [2.24, 2.45) is 0 Å². The average molecular weight is 260 g/mol. The number of hydrogen-bond donors (Lipinski definition) is 0. The fraction of sp³-hybridized carbons (Fsp3) is 0.333. The topological polar surface area (TPSA) is 9.23 Å². The Labute approximate surface area is 79.9 Å². The van der Waals surface area contributed by atoms with Gasteiger partial charge in [-0.3, -0.25) is 0 Å². The van der Waals surface area contributed by atoms with Crippen LogP contribution in [0.5, 0.6) is 0 Å². The second-order valence-electron chi connectivity index (χ2n) is 2.86. The first kappa shape index (κ1) is 7.55. The van der Waals surface area contributed by atoms with Gasteiger partial charge < -0.3 is 4.74 Å². The zero-order valence-corrected chi connectivity index (χ0v) is 8.46. The van der Waals surface area contributed by atoms with Gasteiger partial charge in [0.05, 0.1) is 6.61 Å². The summed E-state index contributed by atoms with van der Waals surface area (Å²) in [6, 6.07) is 8.37. The van der Waals surface area contributed by atoms with E-state index in [2.05, 4.69) is 53.8 Å². The van der Waals surface area contributed by atoms with Crippen LogP contribution < -0.4 is 0 Å². The Kier molecular flexibility index (Phi) is 1.68. The molecule has 0 aliphatic carbocycles. The van der Waals surface area contributed by atoms with E-state index < -0.39 is 0 Å². The minimum absolute atomic E-state index is 0.103. The third-order valence-electron chi connectivity index (χ3n) is 2.00. The van der Waals surface area contributed by atoms with Gasteiger partial charge >= 0.3 is 0 Å².